The summed E-state index contributed by atoms with van der Waals surface area (Å²) in [7, 11) is 0. The number of aryl methyl sites for hydroxylation is 1. The van der Waals surface area contributed by atoms with E-state index in [9.17, 15) is 4.39 Å². The second-order valence-electron chi connectivity index (χ2n) is 4.96. The van der Waals surface area contributed by atoms with Gasteiger partial charge in [0.15, 0.2) is 11.6 Å². The zero-order valence-corrected chi connectivity index (χ0v) is 13.8. The highest BCUT2D eigenvalue weighted by Crippen LogP contribution is 2.29. The Bertz CT molecular complexity index is 616. The Labute approximate surface area is 133 Å². The number of halogens is 2. The number of rotatable bonds is 6. The van der Waals surface area contributed by atoms with Crippen LogP contribution >= 0.6 is 15.9 Å². The van der Waals surface area contributed by atoms with E-state index in [1.807, 2.05) is 19.1 Å². The van der Waals surface area contributed by atoms with E-state index in [0.717, 1.165) is 24.1 Å². The fraction of sp³-hybridized carbons (Fsp3) is 0.294. The second kappa shape index (κ2) is 7.57. The molecule has 0 fully saturated rings. The predicted octanol–water partition coefficient (Wildman–Crippen LogP) is 5.19. The molecular formula is C17H19BrFNO. The first-order valence-corrected chi connectivity index (χ1v) is 7.82. The van der Waals surface area contributed by atoms with E-state index < -0.39 is 0 Å². The molecule has 1 N–H and O–H groups in total. The third-order valence-electron chi connectivity index (χ3n) is 3.07. The average Bonchev–Trinajstić information content (AvgIpc) is 2.44. The Morgan fingerprint density at radius 2 is 1.90 bits per heavy atom. The first-order valence-electron chi connectivity index (χ1n) is 7.03. The Balaban J connectivity index is 2.22. The molecule has 4 heteroatoms. The maximum absolute atomic E-state index is 13.9. The van der Waals surface area contributed by atoms with E-state index in [2.05, 4.69) is 34.2 Å². The third-order valence-corrected chi connectivity index (χ3v) is 3.57. The van der Waals surface area contributed by atoms with Gasteiger partial charge in [0.25, 0.3) is 0 Å². The Morgan fingerprint density at radius 1 is 1.14 bits per heavy atom. The summed E-state index contributed by atoms with van der Waals surface area (Å²) in [6, 6.07) is 10.7. The monoisotopic (exact) mass is 351 g/mol. The van der Waals surface area contributed by atoms with Gasteiger partial charge in [0.2, 0.25) is 0 Å². The predicted molar refractivity (Wildman–Crippen MR) is 87.4 cm³/mol. The van der Waals surface area contributed by atoms with Crippen LogP contribution in [0.2, 0.25) is 0 Å². The largest absolute Gasteiger partial charge is 0.454 e. The minimum absolute atomic E-state index is 0.235. The van der Waals surface area contributed by atoms with Crippen molar-refractivity contribution in [1.29, 1.82) is 0 Å². The number of nitrogens with one attached hydrogen (secondary N) is 1. The van der Waals surface area contributed by atoms with Crippen molar-refractivity contribution in [2.75, 3.05) is 6.54 Å². The highest BCUT2D eigenvalue weighted by atomic mass is 79.9. The normalized spacial score (nSPS) is 10.7. The Hall–Kier alpha value is -1.39. The van der Waals surface area contributed by atoms with Crippen molar-refractivity contribution in [3.05, 3.63) is 57.8 Å². The summed E-state index contributed by atoms with van der Waals surface area (Å²) >= 11 is 3.24. The fourth-order valence-electron chi connectivity index (χ4n) is 2.02. The number of hydrogen-bond donors (Lipinski definition) is 1. The highest BCUT2D eigenvalue weighted by molar-refractivity contribution is 9.10. The summed E-state index contributed by atoms with van der Waals surface area (Å²) in [5.41, 5.74) is 2.19. The van der Waals surface area contributed by atoms with Crippen molar-refractivity contribution < 1.29 is 9.13 Å². The van der Waals surface area contributed by atoms with Crippen molar-refractivity contribution >= 4 is 15.9 Å². The molecule has 2 aromatic rings. The first-order chi connectivity index (χ1) is 10.1. The molecule has 2 nitrogen and oxygen atoms in total. The molecule has 0 aromatic heterocycles. The van der Waals surface area contributed by atoms with Gasteiger partial charge in [-0.2, -0.15) is 0 Å². The van der Waals surface area contributed by atoms with E-state index in [0.29, 0.717) is 16.8 Å². The van der Waals surface area contributed by atoms with E-state index in [-0.39, 0.29) is 11.6 Å². The molecule has 0 aliphatic carbocycles. The van der Waals surface area contributed by atoms with Crippen LogP contribution in [0.5, 0.6) is 11.5 Å². The Kier molecular flexibility index (Phi) is 5.76. The van der Waals surface area contributed by atoms with Gasteiger partial charge in [0, 0.05) is 16.6 Å². The molecule has 0 saturated carbocycles. The number of hydrogen-bond acceptors (Lipinski definition) is 2. The average molecular weight is 352 g/mol. The highest BCUT2D eigenvalue weighted by Gasteiger charge is 2.09. The van der Waals surface area contributed by atoms with Gasteiger partial charge in [-0.05, 0) is 44.2 Å². The summed E-state index contributed by atoms with van der Waals surface area (Å²) in [6.07, 6.45) is 1.07. The molecule has 0 aliphatic heterocycles. The molecule has 0 amide bonds. The van der Waals surface area contributed by atoms with Crippen molar-refractivity contribution in [3.63, 3.8) is 0 Å². The van der Waals surface area contributed by atoms with Crippen molar-refractivity contribution in [3.8, 4) is 11.5 Å². The second-order valence-corrected chi connectivity index (χ2v) is 5.88. The minimum atomic E-state index is -0.377. The zero-order chi connectivity index (χ0) is 15.2. The summed E-state index contributed by atoms with van der Waals surface area (Å²) in [5, 5.41) is 3.35. The van der Waals surface area contributed by atoms with Gasteiger partial charge in [0.05, 0.1) is 0 Å². The number of benzene rings is 2. The van der Waals surface area contributed by atoms with Crippen LogP contribution in [0, 0.1) is 12.7 Å². The maximum Gasteiger partial charge on any atom is 0.166 e. The third kappa shape index (κ3) is 4.55. The summed E-state index contributed by atoms with van der Waals surface area (Å²) in [6.45, 7) is 5.81. The van der Waals surface area contributed by atoms with E-state index in [4.69, 9.17) is 4.74 Å². The molecular weight excluding hydrogens is 333 g/mol. The van der Waals surface area contributed by atoms with Crippen LogP contribution < -0.4 is 10.1 Å². The van der Waals surface area contributed by atoms with Crippen molar-refractivity contribution in [1.82, 2.24) is 5.32 Å². The van der Waals surface area contributed by atoms with Crippen molar-refractivity contribution in [2.24, 2.45) is 0 Å². The maximum atomic E-state index is 13.9. The van der Waals surface area contributed by atoms with Crippen LogP contribution in [-0.4, -0.2) is 6.54 Å². The van der Waals surface area contributed by atoms with Crippen LogP contribution in [0.15, 0.2) is 40.9 Å². The summed E-state index contributed by atoms with van der Waals surface area (Å²) in [5.74, 6) is 0.543. The van der Waals surface area contributed by atoms with Gasteiger partial charge >= 0.3 is 0 Å². The quantitative estimate of drug-likeness (QED) is 0.723. The van der Waals surface area contributed by atoms with Gasteiger partial charge in [-0.3, -0.25) is 0 Å². The lowest BCUT2D eigenvalue weighted by atomic mass is 10.1. The van der Waals surface area contributed by atoms with Gasteiger partial charge in [-0.15, -0.1) is 0 Å². The molecule has 0 radical (unpaired) electrons. The molecule has 0 spiro atoms. The van der Waals surface area contributed by atoms with E-state index in [1.165, 1.54) is 6.07 Å². The fourth-order valence-corrected chi connectivity index (χ4v) is 2.36. The summed E-state index contributed by atoms with van der Waals surface area (Å²) in [4.78, 5) is 0. The van der Waals surface area contributed by atoms with Gasteiger partial charge in [-0.25, -0.2) is 4.39 Å². The minimum Gasteiger partial charge on any atom is -0.454 e. The first kappa shape index (κ1) is 16.0. The molecule has 0 heterocycles. The number of ether oxygens (including phenoxy) is 1. The molecule has 0 unspecified atom stereocenters. The topological polar surface area (TPSA) is 21.3 Å². The molecule has 21 heavy (non-hydrogen) atoms. The lowest BCUT2D eigenvalue weighted by Crippen LogP contribution is -2.14. The molecule has 2 aromatic carbocycles. The van der Waals surface area contributed by atoms with E-state index >= 15 is 0 Å². The Morgan fingerprint density at radius 3 is 2.62 bits per heavy atom. The molecule has 0 aliphatic rings. The van der Waals surface area contributed by atoms with Gasteiger partial charge < -0.3 is 10.1 Å². The lowest BCUT2D eigenvalue weighted by molar-refractivity contribution is 0.435. The molecule has 0 atom stereocenters. The molecule has 0 saturated heterocycles. The summed E-state index contributed by atoms with van der Waals surface area (Å²) < 4.78 is 20.3. The lowest BCUT2D eigenvalue weighted by Gasteiger charge is -2.13. The zero-order valence-electron chi connectivity index (χ0n) is 12.2. The van der Waals surface area contributed by atoms with Crippen LogP contribution in [0.3, 0.4) is 0 Å². The molecule has 112 valence electrons. The molecule has 2 rings (SSSR count). The standard InChI is InChI=1S/C17H19BrFNO/c1-3-8-20-11-13-9-12(2)4-6-16(13)21-17-7-5-14(18)10-15(17)19/h4-7,9-10,20H,3,8,11H2,1-2H3. The van der Waals surface area contributed by atoms with Crippen LogP contribution in [0.1, 0.15) is 24.5 Å². The van der Waals surface area contributed by atoms with Crippen LogP contribution in [-0.2, 0) is 6.54 Å². The van der Waals surface area contributed by atoms with Gasteiger partial charge in [0.1, 0.15) is 5.75 Å². The van der Waals surface area contributed by atoms with Crippen LogP contribution in [0.4, 0.5) is 4.39 Å². The van der Waals surface area contributed by atoms with Crippen LogP contribution in [0.25, 0.3) is 0 Å². The molecule has 0 bridgehead atoms. The van der Waals surface area contributed by atoms with Gasteiger partial charge in [-0.1, -0.05) is 40.5 Å². The SMILES string of the molecule is CCCNCc1cc(C)ccc1Oc1ccc(Br)cc1F. The van der Waals surface area contributed by atoms with E-state index in [1.54, 1.807) is 12.1 Å². The van der Waals surface area contributed by atoms with Crippen molar-refractivity contribution in [2.45, 2.75) is 26.8 Å². The smallest absolute Gasteiger partial charge is 0.166 e.